The second-order valence-corrected chi connectivity index (χ2v) is 7.64. The smallest absolute Gasteiger partial charge is 0.337 e. The number of benzene rings is 2. The molecule has 1 N–H and O–H groups in total. The molecule has 2 aromatic carbocycles. The highest BCUT2D eigenvalue weighted by Crippen LogP contribution is 2.45. The summed E-state index contributed by atoms with van der Waals surface area (Å²) in [6, 6.07) is 13.9. The molecule has 6 nitrogen and oxygen atoms in total. The van der Waals surface area contributed by atoms with E-state index in [2.05, 4.69) is 10.1 Å². The lowest BCUT2D eigenvalue weighted by atomic mass is 10.1. The molecular weight excluding hydrogens is 364 g/mol. The SMILES string of the molecule is CCN1C(=O)C(C)(C(=O)Nc2ccc(C(=O)OC)cc2)Sc2ccccc21. The van der Waals surface area contributed by atoms with Crippen LogP contribution in [0.2, 0.25) is 0 Å². The van der Waals surface area contributed by atoms with E-state index in [1.54, 1.807) is 36.1 Å². The van der Waals surface area contributed by atoms with Gasteiger partial charge < -0.3 is 15.0 Å². The van der Waals surface area contributed by atoms with Gasteiger partial charge in [-0.05, 0) is 50.2 Å². The zero-order valence-corrected chi connectivity index (χ0v) is 16.1. The van der Waals surface area contributed by atoms with Crippen LogP contribution in [0.3, 0.4) is 0 Å². The molecule has 0 aliphatic carbocycles. The predicted molar refractivity (Wildman–Crippen MR) is 105 cm³/mol. The van der Waals surface area contributed by atoms with Gasteiger partial charge in [-0.1, -0.05) is 23.9 Å². The third-order valence-electron chi connectivity index (χ3n) is 4.44. The number of methoxy groups -OCH3 is 1. The Labute approximate surface area is 161 Å². The van der Waals surface area contributed by atoms with Crippen molar-refractivity contribution in [2.24, 2.45) is 0 Å². The van der Waals surface area contributed by atoms with Crippen molar-refractivity contribution in [2.45, 2.75) is 23.5 Å². The lowest BCUT2D eigenvalue weighted by Gasteiger charge is -2.38. The molecule has 1 aliphatic heterocycles. The summed E-state index contributed by atoms with van der Waals surface area (Å²) in [5.41, 5.74) is 1.71. The summed E-state index contributed by atoms with van der Waals surface area (Å²) in [6.45, 7) is 4.00. The highest BCUT2D eigenvalue weighted by molar-refractivity contribution is 8.02. The Morgan fingerprint density at radius 2 is 1.81 bits per heavy atom. The largest absolute Gasteiger partial charge is 0.465 e. The Morgan fingerprint density at radius 1 is 1.15 bits per heavy atom. The first-order chi connectivity index (χ1) is 12.9. The molecule has 0 spiro atoms. The zero-order valence-electron chi connectivity index (χ0n) is 15.3. The van der Waals surface area contributed by atoms with Gasteiger partial charge in [0.1, 0.15) is 0 Å². The Bertz CT molecular complexity index is 897. The third kappa shape index (κ3) is 3.42. The number of amides is 2. The van der Waals surface area contributed by atoms with Gasteiger partial charge in [-0.25, -0.2) is 4.79 Å². The molecule has 0 bridgehead atoms. The van der Waals surface area contributed by atoms with Gasteiger partial charge >= 0.3 is 5.97 Å². The van der Waals surface area contributed by atoms with Crippen LogP contribution in [0.5, 0.6) is 0 Å². The van der Waals surface area contributed by atoms with E-state index in [4.69, 9.17) is 0 Å². The summed E-state index contributed by atoms with van der Waals surface area (Å²) in [5, 5.41) is 2.78. The molecule has 1 atom stereocenters. The van der Waals surface area contributed by atoms with E-state index in [-0.39, 0.29) is 5.91 Å². The number of esters is 1. The summed E-state index contributed by atoms with van der Waals surface area (Å²) in [7, 11) is 1.31. The first-order valence-corrected chi connectivity index (χ1v) is 9.32. The number of ether oxygens (including phenoxy) is 1. The minimum atomic E-state index is -1.29. The molecule has 0 saturated heterocycles. The quantitative estimate of drug-likeness (QED) is 0.646. The highest BCUT2D eigenvalue weighted by Gasteiger charge is 2.48. The normalized spacial score (nSPS) is 18.6. The van der Waals surface area contributed by atoms with Crippen molar-refractivity contribution >= 4 is 40.9 Å². The third-order valence-corrected chi connectivity index (χ3v) is 5.77. The fourth-order valence-electron chi connectivity index (χ4n) is 2.91. The van der Waals surface area contributed by atoms with Crippen LogP contribution < -0.4 is 10.2 Å². The molecule has 1 unspecified atom stereocenters. The summed E-state index contributed by atoms with van der Waals surface area (Å²) in [5.74, 6) is -1.11. The van der Waals surface area contributed by atoms with Gasteiger partial charge in [0.25, 0.3) is 5.91 Å². The van der Waals surface area contributed by atoms with Crippen LogP contribution in [0, 0.1) is 0 Å². The number of para-hydroxylation sites is 1. The number of fused-ring (bicyclic) bond motifs is 1. The zero-order chi connectivity index (χ0) is 19.6. The molecule has 140 valence electrons. The minimum Gasteiger partial charge on any atom is -0.465 e. The maximum Gasteiger partial charge on any atom is 0.337 e. The van der Waals surface area contributed by atoms with Crippen LogP contribution in [0.15, 0.2) is 53.4 Å². The standard InChI is InChI=1S/C20H20N2O4S/c1-4-22-15-7-5-6-8-16(15)27-20(2,19(22)25)18(24)21-14-11-9-13(10-12-14)17(23)26-3/h5-12H,4H2,1-3H3,(H,21,24). The van der Waals surface area contributed by atoms with Gasteiger partial charge in [0.15, 0.2) is 4.75 Å². The number of nitrogens with zero attached hydrogens (tertiary/aromatic N) is 1. The average Bonchev–Trinajstić information content (AvgIpc) is 2.69. The van der Waals surface area contributed by atoms with Gasteiger partial charge in [0.05, 0.1) is 18.4 Å². The second kappa shape index (κ2) is 7.44. The molecule has 3 rings (SSSR count). The van der Waals surface area contributed by atoms with Gasteiger partial charge in [-0.2, -0.15) is 0 Å². The fourth-order valence-corrected chi connectivity index (χ4v) is 4.12. The number of hydrogen-bond donors (Lipinski definition) is 1. The summed E-state index contributed by atoms with van der Waals surface area (Å²) in [4.78, 5) is 40.0. The summed E-state index contributed by atoms with van der Waals surface area (Å²) in [6.07, 6.45) is 0. The highest BCUT2D eigenvalue weighted by atomic mass is 32.2. The number of anilines is 2. The van der Waals surface area contributed by atoms with Crippen LogP contribution in [0.25, 0.3) is 0 Å². The number of nitrogens with one attached hydrogen (secondary N) is 1. The van der Waals surface area contributed by atoms with E-state index >= 15 is 0 Å². The summed E-state index contributed by atoms with van der Waals surface area (Å²) < 4.78 is 3.37. The Balaban J connectivity index is 1.85. The monoisotopic (exact) mass is 384 g/mol. The first kappa shape index (κ1) is 19.0. The van der Waals surface area contributed by atoms with E-state index in [1.165, 1.54) is 18.9 Å². The van der Waals surface area contributed by atoms with E-state index in [0.717, 1.165) is 10.6 Å². The molecule has 1 aliphatic rings. The molecule has 0 aromatic heterocycles. The number of carbonyl (C=O) groups is 3. The molecule has 2 aromatic rings. The van der Waals surface area contributed by atoms with Crippen molar-refractivity contribution in [1.82, 2.24) is 0 Å². The number of rotatable bonds is 4. The Kier molecular flexibility index (Phi) is 5.23. The lowest BCUT2D eigenvalue weighted by Crippen LogP contribution is -2.54. The Hall–Kier alpha value is -2.80. The van der Waals surface area contributed by atoms with E-state index in [0.29, 0.717) is 17.8 Å². The van der Waals surface area contributed by atoms with E-state index in [1.807, 2.05) is 31.2 Å². The maximum absolute atomic E-state index is 13.0. The minimum absolute atomic E-state index is 0.252. The lowest BCUT2D eigenvalue weighted by molar-refractivity contribution is -0.128. The first-order valence-electron chi connectivity index (χ1n) is 8.50. The topological polar surface area (TPSA) is 75.7 Å². The maximum atomic E-state index is 13.0. The molecule has 1 heterocycles. The van der Waals surface area contributed by atoms with E-state index < -0.39 is 16.6 Å². The molecule has 2 amide bonds. The number of carbonyl (C=O) groups excluding carboxylic acids is 3. The van der Waals surface area contributed by atoms with Crippen molar-refractivity contribution in [3.8, 4) is 0 Å². The van der Waals surface area contributed by atoms with Crippen molar-refractivity contribution in [1.29, 1.82) is 0 Å². The van der Waals surface area contributed by atoms with Crippen LogP contribution in [-0.4, -0.2) is 36.2 Å². The molecule has 7 heteroatoms. The van der Waals surface area contributed by atoms with Crippen LogP contribution in [-0.2, 0) is 14.3 Å². The van der Waals surface area contributed by atoms with Crippen molar-refractivity contribution in [2.75, 3.05) is 23.9 Å². The van der Waals surface area contributed by atoms with Crippen molar-refractivity contribution < 1.29 is 19.1 Å². The molecule has 0 radical (unpaired) electrons. The van der Waals surface area contributed by atoms with E-state index in [9.17, 15) is 14.4 Å². The predicted octanol–water partition coefficient (Wildman–Crippen LogP) is 3.33. The second-order valence-electron chi connectivity index (χ2n) is 6.18. The van der Waals surface area contributed by atoms with Crippen molar-refractivity contribution in [3.63, 3.8) is 0 Å². The fraction of sp³-hybridized carbons (Fsp3) is 0.250. The van der Waals surface area contributed by atoms with Crippen LogP contribution in [0.4, 0.5) is 11.4 Å². The molecule has 0 fully saturated rings. The summed E-state index contributed by atoms with van der Waals surface area (Å²) >= 11 is 1.25. The van der Waals surface area contributed by atoms with Crippen LogP contribution in [0.1, 0.15) is 24.2 Å². The molecule has 27 heavy (non-hydrogen) atoms. The number of hydrogen-bond acceptors (Lipinski definition) is 5. The molecular formula is C20H20N2O4S. The van der Waals surface area contributed by atoms with Gasteiger partial charge in [-0.15, -0.1) is 0 Å². The van der Waals surface area contributed by atoms with Gasteiger partial charge in [-0.3, -0.25) is 9.59 Å². The number of thioether (sulfide) groups is 1. The average molecular weight is 384 g/mol. The van der Waals surface area contributed by atoms with Crippen molar-refractivity contribution in [3.05, 3.63) is 54.1 Å². The Morgan fingerprint density at radius 3 is 2.44 bits per heavy atom. The molecule has 0 saturated carbocycles. The van der Waals surface area contributed by atoms with Gasteiger partial charge in [0.2, 0.25) is 5.91 Å². The van der Waals surface area contributed by atoms with Crippen LogP contribution >= 0.6 is 11.8 Å². The van der Waals surface area contributed by atoms with Gasteiger partial charge in [0, 0.05) is 17.1 Å².